The molecule has 1 atom stereocenters. The minimum atomic E-state index is 0.443. The maximum atomic E-state index is 4.32. The van der Waals surface area contributed by atoms with Crippen LogP contribution in [-0.2, 0) is 0 Å². The van der Waals surface area contributed by atoms with Gasteiger partial charge in [-0.3, -0.25) is 0 Å². The van der Waals surface area contributed by atoms with Crippen LogP contribution in [-0.4, -0.2) is 36.4 Å². The van der Waals surface area contributed by atoms with E-state index in [-0.39, 0.29) is 0 Å². The van der Waals surface area contributed by atoms with Crippen LogP contribution >= 0.6 is 0 Å². The van der Waals surface area contributed by atoms with Crippen molar-refractivity contribution in [1.29, 1.82) is 0 Å². The van der Waals surface area contributed by atoms with E-state index in [2.05, 4.69) is 53.4 Å². The molecule has 1 aromatic rings. The predicted molar refractivity (Wildman–Crippen MR) is 79.6 cm³/mol. The minimum absolute atomic E-state index is 0.443. The second-order valence-electron chi connectivity index (χ2n) is 5.83. The van der Waals surface area contributed by atoms with Gasteiger partial charge in [0.2, 0.25) is 0 Å². The summed E-state index contributed by atoms with van der Waals surface area (Å²) in [5, 5.41) is 12.2. The summed E-state index contributed by atoms with van der Waals surface area (Å²) < 4.78 is 0. The highest BCUT2D eigenvalue weighted by Gasteiger charge is 2.13. The maximum absolute atomic E-state index is 4.32. The Bertz CT molecular complexity index is 368. The lowest BCUT2D eigenvalue weighted by Gasteiger charge is -2.26. The Morgan fingerprint density at radius 2 is 2.16 bits per heavy atom. The summed E-state index contributed by atoms with van der Waals surface area (Å²) >= 11 is 0. The molecule has 4 nitrogen and oxygen atoms in total. The van der Waals surface area contributed by atoms with Crippen molar-refractivity contribution < 1.29 is 0 Å². The summed E-state index contributed by atoms with van der Waals surface area (Å²) in [5.74, 6) is 1.42. The molecule has 1 unspecified atom stereocenters. The highest BCUT2D eigenvalue weighted by atomic mass is 15.2. The zero-order valence-electron chi connectivity index (χ0n) is 12.4. The van der Waals surface area contributed by atoms with E-state index in [0.29, 0.717) is 12.0 Å². The number of nitrogens with one attached hydrogen (secondary N) is 1. The van der Waals surface area contributed by atoms with E-state index >= 15 is 0 Å². The SMILES string of the molecule is CC(C)c1ccc(N(C)CCC2CCCCN2)nn1. The molecule has 2 rings (SSSR count). The highest BCUT2D eigenvalue weighted by Crippen LogP contribution is 2.15. The molecule has 0 radical (unpaired) electrons. The van der Waals surface area contributed by atoms with E-state index in [4.69, 9.17) is 0 Å². The number of hydrogen-bond donors (Lipinski definition) is 1. The fourth-order valence-electron chi connectivity index (χ4n) is 2.48. The molecule has 1 aromatic heterocycles. The van der Waals surface area contributed by atoms with E-state index in [1.165, 1.54) is 32.2 Å². The fourth-order valence-corrected chi connectivity index (χ4v) is 2.48. The van der Waals surface area contributed by atoms with E-state index < -0.39 is 0 Å². The summed E-state index contributed by atoms with van der Waals surface area (Å²) in [4.78, 5) is 2.20. The van der Waals surface area contributed by atoms with Crippen LogP contribution in [0.5, 0.6) is 0 Å². The van der Waals surface area contributed by atoms with Crippen molar-refractivity contribution in [3.05, 3.63) is 17.8 Å². The van der Waals surface area contributed by atoms with E-state index in [1.54, 1.807) is 0 Å². The van der Waals surface area contributed by atoms with Crippen LogP contribution in [0, 0.1) is 0 Å². The van der Waals surface area contributed by atoms with Gasteiger partial charge in [-0.15, -0.1) is 5.10 Å². The quantitative estimate of drug-likeness (QED) is 0.885. The van der Waals surface area contributed by atoms with Crippen LogP contribution in [0.1, 0.15) is 51.1 Å². The zero-order chi connectivity index (χ0) is 13.7. The van der Waals surface area contributed by atoms with Crippen LogP contribution in [0.15, 0.2) is 12.1 Å². The van der Waals surface area contributed by atoms with Crippen molar-refractivity contribution in [3.8, 4) is 0 Å². The Morgan fingerprint density at radius 3 is 2.74 bits per heavy atom. The molecule has 1 N–H and O–H groups in total. The standard InChI is InChI=1S/C15H26N4/c1-12(2)14-7-8-15(18-17-14)19(3)11-9-13-6-4-5-10-16-13/h7-8,12-13,16H,4-6,9-11H2,1-3H3. The smallest absolute Gasteiger partial charge is 0.150 e. The first-order valence-corrected chi connectivity index (χ1v) is 7.45. The second kappa shape index (κ2) is 6.85. The van der Waals surface area contributed by atoms with Gasteiger partial charge in [-0.05, 0) is 43.9 Å². The molecule has 1 saturated heterocycles. The van der Waals surface area contributed by atoms with Gasteiger partial charge in [-0.1, -0.05) is 20.3 Å². The Hall–Kier alpha value is -1.16. The molecule has 1 aliphatic rings. The normalized spacial score (nSPS) is 19.7. The van der Waals surface area contributed by atoms with Crippen LogP contribution in [0.4, 0.5) is 5.82 Å². The van der Waals surface area contributed by atoms with Crippen LogP contribution in [0.2, 0.25) is 0 Å². The summed E-state index contributed by atoms with van der Waals surface area (Å²) in [7, 11) is 2.10. The first-order chi connectivity index (χ1) is 9.16. The average molecular weight is 262 g/mol. The van der Waals surface area contributed by atoms with Crippen LogP contribution < -0.4 is 10.2 Å². The molecule has 0 bridgehead atoms. The third kappa shape index (κ3) is 4.16. The largest absolute Gasteiger partial charge is 0.358 e. The number of aromatic nitrogens is 2. The lowest BCUT2D eigenvalue weighted by Crippen LogP contribution is -2.36. The molecule has 0 saturated carbocycles. The third-order valence-electron chi connectivity index (χ3n) is 3.88. The molecule has 19 heavy (non-hydrogen) atoms. The molecule has 0 aliphatic carbocycles. The molecule has 0 amide bonds. The molecular weight excluding hydrogens is 236 g/mol. The fraction of sp³-hybridized carbons (Fsp3) is 0.733. The average Bonchev–Trinajstić information content (AvgIpc) is 2.46. The van der Waals surface area contributed by atoms with Gasteiger partial charge in [-0.25, -0.2) is 0 Å². The van der Waals surface area contributed by atoms with Gasteiger partial charge in [-0.2, -0.15) is 5.10 Å². The number of anilines is 1. The number of hydrogen-bond acceptors (Lipinski definition) is 4. The summed E-state index contributed by atoms with van der Waals surface area (Å²) in [6.45, 7) is 6.49. The Morgan fingerprint density at radius 1 is 1.32 bits per heavy atom. The third-order valence-corrected chi connectivity index (χ3v) is 3.88. The summed E-state index contributed by atoms with van der Waals surface area (Å²) in [6.07, 6.45) is 5.19. The topological polar surface area (TPSA) is 41.0 Å². The number of rotatable bonds is 5. The van der Waals surface area contributed by atoms with Crippen molar-refractivity contribution in [2.75, 3.05) is 25.0 Å². The lowest BCUT2D eigenvalue weighted by molar-refractivity contribution is 0.384. The molecular formula is C15H26N4. The Labute approximate surface area is 116 Å². The zero-order valence-corrected chi connectivity index (χ0v) is 12.4. The minimum Gasteiger partial charge on any atom is -0.358 e. The van der Waals surface area contributed by atoms with Gasteiger partial charge in [0.25, 0.3) is 0 Å². The van der Waals surface area contributed by atoms with Crippen molar-refractivity contribution >= 4 is 5.82 Å². The summed E-state index contributed by atoms with van der Waals surface area (Å²) in [6, 6.07) is 4.85. The maximum Gasteiger partial charge on any atom is 0.150 e. The molecule has 1 fully saturated rings. The van der Waals surface area contributed by atoms with E-state index in [1.807, 2.05) is 0 Å². The first-order valence-electron chi connectivity index (χ1n) is 7.45. The highest BCUT2D eigenvalue weighted by molar-refractivity contribution is 5.36. The monoisotopic (exact) mass is 262 g/mol. The Balaban J connectivity index is 1.83. The van der Waals surface area contributed by atoms with Crippen LogP contribution in [0.3, 0.4) is 0 Å². The Kier molecular flexibility index (Phi) is 5.14. The number of nitrogens with zero attached hydrogens (tertiary/aromatic N) is 3. The van der Waals surface area contributed by atoms with Crippen molar-refractivity contribution in [3.63, 3.8) is 0 Å². The molecule has 0 aromatic carbocycles. The summed E-state index contributed by atoms with van der Waals surface area (Å²) in [5.41, 5.74) is 1.06. The van der Waals surface area contributed by atoms with Crippen molar-refractivity contribution in [1.82, 2.24) is 15.5 Å². The van der Waals surface area contributed by atoms with Gasteiger partial charge in [0, 0.05) is 19.6 Å². The molecule has 106 valence electrons. The second-order valence-corrected chi connectivity index (χ2v) is 5.83. The van der Waals surface area contributed by atoms with Gasteiger partial charge < -0.3 is 10.2 Å². The van der Waals surface area contributed by atoms with Crippen molar-refractivity contribution in [2.45, 2.75) is 51.5 Å². The lowest BCUT2D eigenvalue weighted by atomic mass is 10.0. The van der Waals surface area contributed by atoms with Gasteiger partial charge in [0.05, 0.1) is 5.69 Å². The molecule has 0 spiro atoms. The first kappa shape index (κ1) is 14.3. The molecule has 4 heteroatoms. The van der Waals surface area contributed by atoms with Gasteiger partial charge in [0.1, 0.15) is 0 Å². The molecule has 2 heterocycles. The van der Waals surface area contributed by atoms with E-state index in [9.17, 15) is 0 Å². The molecule has 1 aliphatic heterocycles. The van der Waals surface area contributed by atoms with E-state index in [0.717, 1.165) is 18.1 Å². The number of piperidine rings is 1. The van der Waals surface area contributed by atoms with Gasteiger partial charge in [0.15, 0.2) is 5.82 Å². The van der Waals surface area contributed by atoms with Crippen LogP contribution in [0.25, 0.3) is 0 Å². The van der Waals surface area contributed by atoms with Crippen molar-refractivity contribution in [2.24, 2.45) is 0 Å². The van der Waals surface area contributed by atoms with Gasteiger partial charge >= 0.3 is 0 Å². The predicted octanol–water partition coefficient (Wildman–Crippen LogP) is 2.57.